The number of pyridine rings is 1. The van der Waals surface area contributed by atoms with Gasteiger partial charge in [-0.1, -0.05) is 31.5 Å². The summed E-state index contributed by atoms with van der Waals surface area (Å²) in [6, 6.07) is 12.7. The van der Waals surface area contributed by atoms with Gasteiger partial charge in [0.1, 0.15) is 17.1 Å². The van der Waals surface area contributed by atoms with Crippen LogP contribution < -0.4 is 20.3 Å². The molecular weight excluding hydrogens is 444 g/mol. The first-order chi connectivity index (χ1) is 16.6. The third-order valence-corrected chi connectivity index (χ3v) is 6.32. The lowest BCUT2D eigenvalue weighted by atomic mass is 9.73. The van der Waals surface area contributed by atoms with Crippen molar-refractivity contribution in [2.24, 2.45) is 5.41 Å². The first kappa shape index (κ1) is 24.3. The SMILES string of the molecule is COc1cc(CNC(=O)c2c3c(cn(-c4ccc(C)cc4)c2=O)C(=O)CC(C)(C)C3)cc(OC)c1. The molecule has 1 aromatic heterocycles. The number of nitrogens with zero attached hydrogens (tertiary/aromatic N) is 1. The summed E-state index contributed by atoms with van der Waals surface area (Å²) in [7, 11) is 3.11. The molecule has 7 heteroatoms. The number of aryl methyl sites for hydroxylation is 1. The van der Waals surface area contributed by atoms with E-state index >= 15 is 0 Å². The molecule has 0 radical (unpaired) electrons. The van der Waals surface area contributed by atoms with Crippen molar-refractivity contribution in [3.8, 4) is 17.2 Å². The Bertz CT molecular complexity index is 1330. The second-order valence-electron chi connectivity index (χ2n) is 9.75. The van der Waals surface area contributed by atoms with E-state index in [4.69, 9.17) is 9.47 Å². The molecule has 0 bridgehead atoms. The van der Waals surface area contributed by atoms with Crippen LogP contribution in [0.1, 0.15) is 57.7 Å². The first-order valence-corrected chi connectivity index (χ1v) is 11.5. The minimum absolute atomic E-state index is 0.0130. The van der Waals surface area contributed by atoms with E-state index in [2.05, 4.69) is 5.32 Å². The number of hydrogen-bond donors (Lipinski definition) is 1. The highest BCUT2D eigenvalue weighted by Gasteiger charge is 2.35. The number of fused-ring (bicyclic) bond motifs is 1. The van der Waals surface area contributed by atoms with E-state index in [1.165, 1.54) is 4.57 Å². The van der Waals surface area contributed by atoms with E-state index in [1.54, 1.807) is 38.6 Å². The predicted molar refractivity (Wildman–Crippen MR) is 134 cm³/mol. The van der Waals surface area contributed by atoms with Gasteiger partial charge in [-0.3, -0.25) is 19.0 Å². The number of rotatable bonds is 6. The third kappa shape index (κ3) is 4.99. The van der Waals surface area contributed by atoms with Crippen molar-refractivity contribution in [1.82, 2.24) is 9.88 Å². The fourth-order valence-electron chi connectivity index (χ4n) is 4.52. The van der Waals surface area contributed by atoms with Gasteiger partial charge in [-0.25, -0.2) is 0 Å². The molecule has 7 nitrogen and oxygen atoms in total. The topological polar surface area (TPSA) is 86.6 Å². The Balaban J connectivity index is 1.78. The van der Waals surface area contributed by atoms with Crippen LogP contribution in [0.4, 0.5) is 0 Å². The van der Waals surface area contributed by atoms with Gasteiger partial charge in [-0.15, -0.1) is 0 Å². The second-order valence-corrected chi connectivity index (χ2v) is 9.75. The molecule has 1 amide bonds. The summed E-state index contributed by atoms with van der Waals surface area (Å²) in [4.78, 5) is 40.2. The van der Waals surface area contributed by atoms with Crippen LogP contribution in [0.15, 0.2) is 53.5 Å². The molecular formula is C28H30N2O5. The van der Waals surface area contributed by atoms with Crippen LogP contribution in [-0.2, 0) is 13.0 Å². The number of ketones is 1. The predicted octanol–water partition coefficient (Wildman–Crippen LogP) is 4.25. The highest BCUT2D eigenvalue weighted by atomic mass is 16.5. The highest BCUT2D eigenvalue weighted by Crippen LogP contribution is 2.36. The average molecular weight is 475 g/mol. The van der Waals surface area contributed by atoms with Gasteiger partial charge in [0.05, 0.1) is 14.2 Å². The van der Waals surface area contributed by atoms with Crippen molar-refractivity contribution in [3.63, 3.8) is 0 Å². The smallest absolute Gasteiger partial charge is 0.268 e. The van der Waals surface area contributed by atoms with Gasteiger partial charge in [0.25, 0.3) is 11.5 Å². The standard InChI is InChI=1S/C28H30N2O5/c1-17-6-8-19(9-7-17)30-16-23-22(13-28(2,3)14-24(23)31)25(27(30)33)26(32)29-15-18-10-20(34-4)12-21(11-18)35-5/h6-12,16H,13-15H2,1-5H3,(H,29,32). The second kappa shape index (κ2) is 9.41. The zero-order valence-corrected chi connectivity index (χ0v) is 20.7. The zero-order valence-electron chi connectivity index (χ0n) is 20.7. The van der Waals surface area contributed by atoms with E-state index in [1.807, 2.05) is 45.0 Å². The molecule has 0 spiro atoms. The first-order valence-electron chi connectivity index (χ1n) is 11.5. The Labute approximate surface area is 204 Å². The molecule has 0 fully saturated rings. The lowest BCUT2D eigenvalue weighted by molar-refractivity contribution is 0.0908. The van der Waals surface area contributed by atoms with Crippen LogP contribution in [0.2, 0.25) is 0 Å². The molecule has 1 aliphatic carbocycles. The molecule has 2 aromatic carbocycles. The van der Waals surface area contributed by atoms with Gasteiger partial charge in [-0.2, -0.15) is 0 Å². The number of ether oxygens (including phenoxy) is 2. The number of amides is 1. The van der Waals surface area contributed by atoms with Crippen molar-refractivity contribution in [2.45, 2.75) is 40.2 Å². The molecule has 0 saturated carbocycles. The third-order valence-electron chi connectivity index (χ3n) is 6.32. The van der Waals surface area contributed by atoms with E-state index in [0.717, 1.165) is 11.1 Å². The van der Waals surface area contributed by atoms with Crippen LogP contribution in [0.5, 0.6) is 11.5 Å². The summed E-state index contributed by atoms with van der Waals surface area (Å²) in [5.74, 6) is 0.614. The molecule has 1 heterocycles. The molecule has 4 rings (SSSR count). The number of nitrogens with one attached hydrogen (secondary N) is 1. The fourth-order valence-corrected chi connectivity index (χ4v) is 4.52. The molecule has 0 saturated heterocycles. The van der Waals surface area contributed by atoms with Gasteiger partial charge in [0.2, 0.25) is 0 Å². The van der Waals surface area contributed by atoms with Gasteiger partial charge in [-0.05, 0) is 54.2 Å². The molecule has 35 heavy (non-hydrogen) atoms. The summed E-state index contributed by atoms with van der Waals surface area (Å²) in [6.07, 6.45) is 2.41. The number of carbonyl (C=O) groups excluding carboxylic acids is 2. The van der Waals surface area contributed by atoms with Crippen molar-refractivity contribution >= 4 is 11.7 Å². The van der Waals surface area contributed by atoms with E-state index in [-0.39, 0.29) is 23.3 Å². The monoisotopic (exact) mass is 474 g/mol. The molecule has 0 aliphatic heterocycles. The quantitative estimate of drug-likeness (QED) is 0.577. The Kier molecular flexibility index (Phi) is 6.52. The molecule has 0 atom stereocenters. The number of methoxy groups -OCH3 is 2. The molecule has 0 unspecified atom stereocenters. The van der Waals surface area contributed by atoms with Crippen LogP contribution in [0.3, 0.4) is 0 Å². The van der Waals surface area contributed by atoms with Crippen LogP contribution >= 0.6 is 0 Å². The zero-order chi connectivity index (χ0) is 25.3. The maximum Gasteiger partial charge on any atom is 0.268 e. The lowest BCUT2D eigenvalue weighted by Gasteiger charge is -2.31. The van der Waals surface area contributed by atoms with Crippen molar-refractivity contribution in [2.75, 3.05) is 14.2 Å². The molecule has 1 N–H and O–H groups in total. The molecule has 182 valence electrons. The summed E-state index contributed by atoms with van der Waals surface area (Å²) in [5.41, 5.74) is 2.57. The Hall–Kier alpha value is -3.87. The average Bonchev–Trinajstić information content (AvgIpc) is 2.82. The van der Waals surface area contributed by atoms with Gasteiger partial charge in [0.15, 0.2) is 5.78 Å². The number of carbonyl (C=O) groups is 2. The van der Waals surface area contributed by atoms with Crippen LogP contribution in [0.25, 0.3) is 5.69 Å². The normalized spacial score (nSPS) is 14.3. The summed E-state index contributed by atoms with van der Waals surface area (Å²) >= 11 is 0. The van der Waals surface area contributed by atoms with Gasteiger partial charge < -0.3 is 14.8 Å². The van der Waals surface area contributed by atoms with Crippen molar-refractivity contribution in [3.05, 3.63) is 86.8 Å². The number of aromatic nitrogens is 1. The minimum atomic E-state index is -0.514. The molecule has 3 aromatic rings. The van der Waals surface area contributed by atoms with E-state index in [9.17, 15) is 14.4 Å². The summed E-state index contributed by atoms with van der Waals surface area (Å²) in [5, 5.41) is 2.86. The summed E-state index contributed by atoms with van der Waals surface area (Å²) in [6.45, 7) is 6.07. The largest absolute Gasteiger partial charge is 0.497 e. The summed E-state index contributed by atoms with van der Waals surface area (Å²) < 4.78 is 12.0. The Morgan fingerprint density at radius 3 is 2.23 bits per heavy atom. The number of hydrogen-bond acceptors (Lipinski definition) is 5. The van der Waals surface area contributed by atoms with Gasteiger partial charge >= 0.3 is 0 Å². The fraction of sp³-hybridized carbons (Fsp3) is 0.321. The molecule has 1 aliphatic rings. The Morgan fingerprint density at radius 2 is 1.63 bits per heavy atom. The van der Waals surface area contributed by atoms with Crippen molar-refractivity contribution in [1.29, 1.82) is 0 Å². The maximum absolute atomic E-state index is 13.6. The van der Waals surface area contributed by atoms with Crippen LogP contribution in [-0.4, -0.2) is 30.5 Å². The van der Waals surface area contributed by atoms with Crippen molar-refractivity contribution < 1.29 is 19.1 Å². The van der Waals surface area contributed by atoms with E-state index in [0.29, 0.717) is 41.2 Å². The lowest BCUT2D eigenvalue weighted by Crippen LogP contribution is -2.38. The Morgan fingerprint density at radius 1 is 1.00 bits per heavy atom. The van der Waals surface area contributed by atoms with Crippen LogP contribution in [0, 0.1) is 12.3 Å². The minimum Gasteiger partial charge on any atom is -0.497 e. The van der Waals surface area contributed by atoms with Gasteiger partial charge in [0, 0.05) is 36.5 Å². The number of benzene rings is 2. The highest BCUT2D eigenvalue weighted by molar-refractivity contribution is 6.04. The van der Waals surface area contributed by atoms with E-state index < -0.39 is 11.5 Å². The maximum atomic E-state index is 13.6. The number of Topliss-reactive ketones (excluding diaryl/α,β-unsaturated/α-hetero) is 1.